The number of ether oxygens (including phenoxy) is 4. The molecule has 1 saturated heterocycles. The molecule has 2 heterocycles. The van der Waals surface area contributed by atoms with Crippen LogP contribution < -0.4 is 20.5 Å². The zero-order valence-corrected chi connectivity index (χ0v) is 34.1. The number of carbonyl (C=O) groups excluding carboxylic acids is 1. The molecule has 1 unspecified atom stereocenters. The lowest BCUT2D eigenvalue weighted by Gasteiger charge is -2.42. The third-order valence-corrected chi connectivity index (χ3v) is 15.3. The lowest BCUT2D eigenvalue weighted by Crippen LogP contribution is -2.51. The number of hydrogen-bond donors (Lipinski definition) is 1. The lowest BCUT2D eigenvalue weighted by atomic mass is 9.79. The van der Waals surface area contributed by atoms with Gasteiger partial charge in [0.1, 0.15) is 35.1 Å². The number of nitrogens with zero attached hydrogens (tertiary/aromatic N) is 2. The van der Waals surface area contributed by atoms with E-state index in [-0.39, 0.29) is 10.9 Å². The summed E-state index contributed by atoms with van der Waals surface area (Å²) in [6, 6.07) is 35.1. The minimum atomic E-state index is -2.63. The first-order valence-corrected chi connectivity index (χ1v) is 21.5. The second-order valence-corrected chi connectivity index (χ2v) is 20.2. The van der Waals surface area contributed by atoms with Gasteiger partial charge in [0.05, 0.1) is 20.3 Å². The summed E-state index contributed by atoms with van der Waals surface area (Å²) in [5.74, 6) is 0.948. The first-order valence-electron chi connectivity index (χ1n) is 18.6. The highest BCUT2D eigenvalue weighted by molar-refractivity contribution is 6.74. The molecule has 6 rings (SSSR count). The van der Waals surface area contributed by atoms with Gasteiger partial charge in [-0.15, -0.1) is 0 Å². The van der Waals surface area contributed by atoms with Crippen molar-refractivity contribution in [3.63, 3.8) is 0 Å². The van der Waals surface area contributed by atoms with Crippen molar-refractivity contribution in [2.75, 3.05) is 19.5 Å². The fraction of sp³-hybridized carbons (Fsp3) is 0.341. The molecule has 56 heavy (non-hydrogen) atoms. The zero-order valence-electron chi connectivity index (χ0n) is 33.1. The van der Waals surface area contributed by atoms with Crippen LogP contribution in [0.2, 0.25) is 18.1 Å². The summed E-state index contributed by atoms with van der Waals surface area (Å²) < 4.78 is 50.1. The van der Waals surface area contributed by atoms with Crippen molar-refractivity contribution < 1.29 is 32.6 Å². The van der Waals surface area contributed by atoms with Crippen LogP contribution in [0.1, 0.15) is 61.0 Å². The number of carbonyl (C=O) groups is 1. The van der Waals surface area contributed by atoms with E-state index in [1.807, 2.05) is 85.8 Å². The average molecular weight is 780 g/mol. The predicted molar refractivity (Wildman–Crippen MR) is 217 cm³/mol. The van der Waals surface area contributed by atoms with Crippen molar-refractivity contribution >= 4 is 20.0 Å². The van der Waals surface area contributed by atoms with Gasteiger partial charge >= 0.3 is 5.69 Å². The minimum Gasteiger partial charge on any atom is -0.497 e. The van der Waals surface area contributed by atoms with Crippen LogP contribution in [-0.2, 0) is 19.5 Å². The first kappa shape index (κ1) is 40.5. The van der Waals surface area contributed by atoms with Gasteiger partial charge in [0, 0.05) is 11.8 Å². The Morgan fingerprint density at radius 3 is 1.84 bits per heavy atom. The van der Waals surface area contributed by atoms with Crippen molar-refractivity contribution in [3.05, 3.63) is 154 Å². The van der Waals surface area contributed by atoms with Gasteiger partial charge in [-0.1, -0.05) is 93.6 Å². The Kier molecular flexibility index (Phi) is 12.0. The molecule has 5 aromatic rings. The van der Waals surface area contributed by atoms with Gasteiger partial charge in [0.25, 0.3) is 5.91 Å². The fourth-order valence-corrected chi connectivity index (χ4v) is 8.03. The van der Waals surface area contributed by atoms with Crippen LogP contribution in [-0.4, -0.2) is 62.5 Å². The molecule has 0 bridgehead atoms. The third-order valence-electron chi connectivity index (χ3n) is 10.8. The number of methoxy groups -OCH3 is 2. The topological polar surface area (TPSA) is 110 Å². The lowest BCUT2D eigenvalue weighted by molar-refractivity contribution is -0.136. The summed E-state index contributed by atoms with van der Waals surface area (Å²) in [7, 11) is 0.595. The van der Waals surface area contributed by atoms with E-state index in [0.29, 0.717) is 17.1 Å². The Balaban J connectivity index is 1.42. The van der Waals surface area contributed by atoms with E-state index in [0.717, 1.165) is 21.3 Å². The molecule has 1 aliphatic heterocycles. The zero-order chi connectivity index (χ0) is 40.3. The molecule has 1 N–H and O–H groups in total. The molecule has 1 aromatic heterocycles. The van der Waals surface area contributed by atoms with E-state index in [9.17, 15) is 9.59 Å². The molecule has 1 amide bonds. The van der Waals surface area contributed by atoms with Gasteiger partial charge in [-0.2, -0.15) is 4.98 Å². The molecule has 5 atom stereocenters. The van der Waals surface area contributed by atoms with Gasteiger partial charge in [0.2, 0.25) is 0 Å². The second kappa shape index (κ2) is 16.5. The van der Waals surface area contributed by atoms with Gasteiger partial charge < -0.3 is 28.7 Å². The standard InChI is InChI=1S/C44H50FN3O7Si/c1-29(54-44(31-17-13-10-14-18-31,32-19-23-34(51-5)24-20-32)33-21-25-35(52-6)26-22-33)38-39(55-56(7,8)43(2,3)4)37(45)41(53-38)48-28-27-36(47-42(48)50)46-40(49)30-15-11-9-12-16-30/h9-29,37-39,41H,1-8H3,(H,46,47,49,50)/t29-,37+,38?,39+,41+/m0/s1. The number of halogens is 1. The molecular formula is C44H50FN3O7Si. The summed E-state index contributed by atoms with van der Waals surface area (Å²) in [6.07, 6.45) is -4.70. The number of alkyl halides is 1. The Hall–Kier alpha value is -5.14. The molecule has 12 heteroatoms. The van der Waals surface area contributed by atoms with E-state index in [2.05, 4.69) is 44.2 Å². The molecule has 10 nitrogen and oxygen atoms in total. The summed E-state index contributed by atoms with van der Waals surface area (Å²) >= 11 is 0. The third kappa shape index (κ3) is 8.19. The van der Waals surface area contributed by atoms with Crippen LogP contribution in [0.4, 0.5) is 10.2 Å². The highest BCUT2D eigenvalue weighted by Gasteiger charge is 2.55. The van der Waals surface area contributed by atoms with Crippen molar-refractivity contribution in [3.8, 4) is 11.5 Å². The summed E-state index contributed by atoms with van der Waals surface area (Å²) in [6.45, 7) is 12.2. The molecule has 0 aliphatic carbocycles. The number of rotatable bonds is 13. The van der Waals surface area contributed by atoms with Crippen LogP contribution >= 0.6 is 0 Å². The summed E-state index contributed by atoms with van der Waals surface area (Å²) in [5, 5.41) is 2.38. The Morgan fingerprint density at radius 1 is 0.821 bits per heavy atom. The maximum atomic E-state index is 17.2. The smallest absolute Gasteiger partial charge is 0.351 e. The molecule has 0 radical (unpaired) electrons. The molecule has 294 valence electrons. The number of nitrogens with one attached hydrogen (secondary N) is 1. The van der Waals surface area contributed by atoms with Crippen LogP contribution in [0, 0.1) is 0 Å². The average Bonchev–Trinajstić information content (AvgIpc) is 3.51. The number of hydrogen-bond acceptors (Lipinski definition) is 8. The number of anilines is 1. The van der Waals surface area contributed by atoms with Gasteiger partial charge in [-0.3, -0.25) is 9.36 Å². The Morgan fingerprint density at radius 2 is 1.34 bits per heavy atom. The highest BCUT2D eigenvalue weighted by atomic mass is 28.4. The number of benzene rings is 4. The van der Waals surface area contributed by atoms with Crippen LogP contribution in [0.5, 0.6) is 11.5 Å². The highest BCUT2D eigenvalue weighted by Crippen LogP contribution is 2.47. The SMILES string of the molecule is COc1ccc(C(O[C@@H](C)C2O[C@@H](n3ccc(NC(=O)c4ccccc4)nc3=O)[C@H](F)[C@H]2O[Si](C)(C)C(C)(C)C)(c2ccccc2)c2ccc(OC)cc2)cc1. The summed E-state index contributed by atoms with van der Waals surface area (Å²) in [4.78, 5) is 30.4. The monoisotopic (exact) mass is 779 g/mol. The van der Waals surface area contributed by atoms with Crippen molar-refractivity contribution in [1.29, 1.82) is 0 Å². The molecule has 1 aliphatic rings. The maximum Gasteiger partial charge on any atom is 0.351 e. The van der Waals surface area contributed by atoms with Crippen LogP contribution in [0.25, 0.3) is 0 Å². The molecule has 4 aromatic carbocycles. The van der Waals surface area contributed by atoms with Gasteiger partial charge in [-0.05, 0) is 84.2 Å². The van der Waals surface area contributed by atoms with Gasteiger partial charge in [-0.25, -0.2) is 9.18 Å². The van der Waals surface area contributed by atoms with E-state index >= 15 is 4.39 Å². The molecular weight excluding hydrogens is 730 g/mol. The normalized spacial score (nSPS) is 19.3. The van der Waals surface area contributed by atoms with E-state index in [4.69, 9.17) is 23.4 Å². The van der Waals surface area contributed by atoms with E-state index < -0.39 is 56.2 Å². The van der Waals surface area contributed by atoms with Crippen LogP contribution in [0.3, 0.4) is 0 Å². The largest absolute Gasteiger partial charge is 0.497 e. The maximum absolute atomic E-state index is 17.2. The summed E-state index contributed by atoms with van der Waals surface area (Å²) in [5.41, 5.74) is 0.791. The number of aromatic nitrogens is 2. The predicted octanol–water partition coefficient (Wildman–Crippen LogP) is 8.54. The molecule has 0 spiro atoms. The van der Waals surface area contributed by atoms with Gasteiger partial charge in [0.15, 0.2) is 20.7 Å². The Bertz CT molecular complexity index is 2100. The van der Waals surface area contributed by atoms with Crippen molar-refractivity contribution in [2.45, 2.75) is 82.1 Å². The van der Waals surface area contributed by atoms with Crippen molar-refractivity contribution in [2.24, 2.45) is 0 Å². The second-order valence-electron chi connectivity index (χ2n) is 15.4. The fourth-order valence-electron chi connectivity index (χ4n) is 6.73. The van der Waals surface area contributed by atoms with Crippen molar-refractivity contribution in [1.82, 2.24) is 9.55 Å². The number of amides is 1. The quantitative estimate of drug-likeness (QED) is 0.0936. The molecule has 0 saturated carbocycles. The van der Waals surface area contributed by atoms with E-state index in [1.54, 1.807) is 44.6 Å². The van der Waals surface area contributed by atoms with Crippen LogP contribution in [0.15, 0.2) is 126 Å². The molecule has 1 fully saturated rings. The first-order chi connectivity index (χ1) is 26.7. The minimum absolute atomic E-state index is 0.0301. The Labute approximate surface area is 328 Å². The van der Waals surface area contributed by atoms with E-state index in [1.165, 1.54) is 12.3 Å².